The zero-order valence-electron chi connectivity index (χ0n) is 14.1. The van der Waals surface area contributed by atoms with Gasteiger partial charge in [-0.3, -0.25) is 9.59 Å². The first-order valence-electron chi connectivity index (χ1n) is 7.91. The van der Waals surface area contributed by atoms with Crippen molar-refractivity contribution in [2.45, 2.75) is 6.04 Å². The SMILES string of the molecule is COc1ccc(C(=O)CNC(=O)C(c2ccccc2)n2cnnn2)cc1. The monoisotopic (exact) mass is 351 g/mol. The normalized spacial score (nSPS) is 11.6. The molecule has 1 amide bonds. The summed E-state index contributed by atoms with van der Waals surface area (Å²) in [6.07, 6.45) is 1.36. The maximum Gasteiger partial charge on any atom is 0.249 e. The topological polar surface area (TPSA) is 99.0 Å². The second-order valence-corrected chi connectivity index (χ2v) is 5.47. The molecule has 0 saturated heterocycles. The molecule has 1 unspecified atom stereocenters. The van der Waals surface area contributed by atoms with Crippen molar-refractivity contribution in [1.29, 1.82) is 0 Å². The minimum absolute atomic E-state index is 0.128. The van der Waals surface area contributed by atoms with Gasteiger partial charge in [0.05, 0.1) is 13.7 Å². The Morgan fingerprint density at radius 3 is 2.46 bits per heavy atom. The molecule has 1 atom stereocenters. The molecule has 0 aliphatic rings. The van der Waals surface area contributed by atoms with Crippen LogP contribution in [0.3, 0.4) is 0 Å². The number of amides is 1. The van der Waals surface area contributed by atoms with Crippen LogP contribution >= 0.6 is 0 Å². The molecule has 2 aromatic carbocycles. The number of benzene rings is 2. The van der Waals surface area contributed by atoms with Gasteiger partial charge < -0.3 is 10.1 Å². The lowest BCUT2D eigenvalue weighted by molar-refractivity contribution is -0.123. The summed E-state index contributed by atoms with van der Waals surface area (Å²) in [5, 5.41) is 13.6. The van der Waals surface area contributed by atoms with E-state index in [4.69, 9.17) is 4.74 Å². The number of ketones is 1. The maximum atomic E-state index is 12.7. The van der Waals surface area contributed by atoms with Crippen molar-refractivity contribution >= 4 is 11.7 Å². The molecule has 8 nitrogen and oxygen atoms in total. The molecule has 1 heterocycles. The quantitative estimate of drug-likeness (QED) is 0.644. The molecule has 1 aromatic heterocycles. The summed E-state index contributed by atoms with van der Waals surface area (Å²) >= 11 is 0. The lowest BCUT2D eigenvalue weighted by atomic mass is 10.1. The highest BCUT2D eigenvalue weighted by molar-refractivity contribution is 6.00. The van der Waals surface area contributed by atoms with Crippen molar-refractivity contribution in [2.75, 3.05) is 13.7 Å². The van der Waals surface area contributed by atoms with E-state index in [2.05, 4.69) is 20.8 Å². The summed E-state index contributed by atoms with van der Waals surface area (Å²) < 4.78 is 6.42. The van der Waals surface area contributed by atoms with Crippen LogP contribution in [0.25, 0.3) is 0 Å². The van der Waals surface area contributed by atoms with Crippen LogP contribution in [-0.4, -0.2) is 45.6 Å². The Bertz CT molecular complexity index is 864. The number of tetrazole rings is 1. The van der Waals surface area contributed by atoms with Crippen LogP contribution in [0.2, 0.25) is 0 Å². The average molecular weight is 351 g/mol. The number of methoxy groups -OCH3 is 1. The molecule has 8 heteroatoms. The number of aromatic nitrogens is 4. The number of hydrogen-bond acceptors (Lipinski definition) is 6. The van der Waals surface area contributed by atoms with Crippen molar-refractivity contribution in [3.8, 4) is 5.75 Å². The number of ether oxygens (including phenoxy) is 1. The molecule has 3 aromatic rings. The number of carbonyl (C=O) groups excluding carboxylic acids is 2. The van der Waals surface area contributed by atoms with Gasteiger partial charge in [0.25, 0.3) is 0 Å². The molecule has 0 bridgehead atoms. The molecule has 0 radical (unpaired) electrons. The van der Waals surface area contributed by atoms with E-state index in [0.29, 0.717) is 16.9 Å². The standard InChI is InChI=1S/C18H17N5O3/c1-26-15-9-7-13(8-10-15)16(24)11-19-18(25)17(23-12-20-21-22-23)14-5-3-2-4-6-14/h2-10,12,17H,11H2,1H3,(H,19,25). The number of carbonyl (C=O) groups is 2. The molecule has 3 rings (SSSR count). The Hall–Kier alpha value is -3.55. The molecule has 0 fully saturated rings. The fourth-order valence-electron chi connectivity index (χ4n) is 2.49. The fraction of sp³-hybridized carbons (Fsp3) is 0.167. The van der Waals surface area contributed by atoms with Crippen molar-refractivity contribution in [3.05, 3.63) is 72.1 Å². The molecule has 0 aliphatic heterocycles. The predicted octanol–water partition coefficient (Wildman–Crippen LogP) is 1.27. The Labute approximate surface area is 149 Å². The third-order valence-corrected chi connectivity index (χ3v) is 3.83. The van der Waals surface area contributed by atoms with E-state index in [9.17, 15) is 9.59 Å². The number of rotatable bonds is 7. The van der Waals surface area contributed by atoms with Crippen molar-refractivity contribution in [1.82, 2.24) is 25.5 Å². The van der Waals surface area contributed by atoms with E-state index < -0.39 is 6.04 Å². The summed E-state index contributed by atoms with van der Waals surface area (Å²) in [7, 11) is 1.56. The Morgan fingerprint density at radius 1 is 1.12 bits per heavy atom. The van der Waals surface area contributed by atoms with Gasteiger partial charge in [0.1, 0.15) is 12.1 Å². The molecular weight excluding hydrogens is 334 g/mol. The summed E-state index contributed by atoms with van der Waals surface area (Å²) in [5.41, 5.74) is 1.21. The second-order valence-electron chi connectivity index (χ2n) is 5.47. The van der Waals surface area contributed by atoms with Crippen molar-refractivity contribution < 1.29 is 14.3 Å². The first-order valence-corrected chi connectivity index (χ1v) is 7.91. The minimum Gasteiger partial charge on any atom is -0.497 e. The molecule has 0 spiro atoms. The lowest BCUT2D eigenvalue weighted by Crippen LogP contribution is -2.36. The van der Waals surface area contributed by atoms with E-state index in [1.54, 1.807) is 43.5 Å². The van der Waals surface area contributed by atoms with E-state index in [0.717, 1.165) is 0 Å². The van der Waals surface area contributed by atoms with Crippen LogP contribution in [0.1, 0.15) is 22.0 Å². The Morgan fingerprint density at radius 2 is 1.85 bits per heavy atom. The second kappa shape index (κ2) is 8.02. The van der Waals surface area contributed by atoms with Gasteiger partial charge in [-0.2, -0.15) is 0 Å². The van der Waals surface area contributed by atoms with Gasteiger partial charge in [0, 0.05) is 5.56 Å². The van der Waals surface area contributed by atoms with E-state index in [-0.39, 0.29) is 18.2 Å². The highest BCUT2D eigenvalue weighted by Crippen LogP contribution is 2.17. The highest BCUT2D eigenvalue weighted by Gasteiger charge is 2.24. The summed E-state index contributed by atoms with van der Waals surface area (Å²) in [6, 6.07) is 15.1. The largest absolute Gasteiger partial charge is 0.497 e. The van der Waals surface area contributed by atoms with Crippen molar-refractivity contribution in [2.24, 2.45) is 0 Å². The van der Waals surface area contributed by atoms with Gasteiger partial charge in [-0.15, -0.1) is 5.10 Å². The maximum absolute atomic E-state index is 12.7. The lowest BCUT2D eigenvalue weighted by Gasteiger charge is -2.16. The molecule has 0 aliphatic carbocycles. The number of nitrogens with one attached hydrogen (secondary N) is 1. The number of Topliss-reactive ketones (excluding diaryl/α,β-unsaturated/α-hetero) is 1. The summed E-state index contributed by atoms with van der Waals surface area (Å²) in [4.78, 5) is 25.0. The Kier molecular flexibility index (Phi) is 5.33. The van der Waals surface area contributed by atoms with Gasteiger partial charge in [-0.05, 0) is 40.3 Å². The molecule has 26 heavy (non-hydrogen) atoms. The van der Waals surface area contributed by atoms with Crippen LogP contribution in [0.4, 0.5) is 0 Å². The van der Waals surface area contributed by atoms with Crippen LogP contribution < -0.4 is 10.1 Å². The third kappa shape index (κ3) is 3.92. The third-order valence-electron chi connectivity index (χ3n) is 3.83. The van der Waals surface area contributed by atoms with Gasteiger partial charge in [-0.25, -0.2) is 4.68 Å². The minimum atomic E-state index is -0.755. The van der Waals surface area contributed by atoms with Gasteiger partial charge in [0.15, 0.2) is 11.8 Å². The molecule has 1 N–H and O–H groups in total. The van der Waals surface area contributed by atoms with Gasteiger partial charge in [-0.1, -0.05) is 30.3 Å². The van der Waals surface area contributed by atoms with E-state index in [1.807, 2.05) is 18.2 Å². The molecule has 0 saturated carbocycles. The van der Waals surface area contributed by atoms with Crippen LogP contribution in [0, 0.1) is 0 Å². The van der Waals surface area contributed by atoms with Crippen molar-refractivity contribution in [3.63, 3.8) is 0 Å². The summed E-state index contributed by atoms with van der Waals surface area (Å²) in [6.45, 7) is -0.128. The highest BCUT2D eigenvalue weighted by atomic mass is 16.5. The van der Waals surface area contributed by atoms with Gasteiger partial charge >= 0.3 is 0 Å². The van der Waals surface area contributed by atoms with Crippen LogP contribution in [0.15, 0.2) is 60.9 Å². The molecular formula is C18H17N5O3. The first-order chi connectivity index (χ1) is 12.7. The first kappa shape index (κ1) is 17.3. The predicted molar refractivity (Wildman–Crippen MR) is 92.7 cm³/mol. The van der Waals surface area contributed by atoms with Crippen LogP contribution in [0.5, 0.6) is 5.75 Å². The van der Waals surface area contributed by atoms with Gasteiger partial charge in [0.2, 0.25) is 5.91 Å². The van der Waals surface area contributed by atoms with Crippen LogP contribution in [-0.2, 0) is 4.79 Å². The smallest absolute Gasteiger partial charge is 0.249 e. The Balaban J connectivity index is 1.71. The number of hydrogen-bond donors (Lipinski definition) is 1. The molecule has 132 valence electrons. The fourth-order valence-corrected chi connectivity index (χ4v) is 2.49. The number of nitrogens with zero attached hydrogens (tertiary/aromatic N) is 4. The average Bonchev–Trinajstić information content (AvgIpc) is 3.21. The van der Waals surface area contributed by atoms with E-state index >= 15 is 0 Å². The summed E-state index contributed by atoms with van der Waals surface area (Å²) in [5.74, 6) is 0.0864. The zero-order chi connectivity index (χ0) is 18.4. The van der Waals surface area contributed by atoms with E-state index in [1.165, 1.54) is 11.0 Å². The zero-order valence-corrected chi connectivity index (χ0v) is 14.1.